The van der Waals surface area contributed by atoms with Gasteiger partial charge in [0.15, 0.2) is 0 Å². The van der Waals surface area contributed by atoms with Crippen molar-refractivity contribution in [2.24, 2.45) is 0 Å². The standard InChI is InChI=1S/C21H24N6O2/c1-12-10-23-19(11-22-12)21(28)27-7-5-16(6-8-27)17-9-18(25-15(4)24-17)20-13(2)26-29-14(20)3/h9-11,16H,5-8H2,1-4H3. The van der Waals surface area contributed by atoms with Gasteiger partial charge in [-0.3, -0.25) is 9.78 Å². The number of aryl methyl sites for hydroxylation is 4. The number of piperidine rings is 1. The number of hydrogen-bond donors (Lipinski definition) is 0. The van der Waals surface area contributed by atoms with Crippen LogP contribution in [0.15, 0.2) is 23.0 Å². The van der Waals surface area contributed by atoms with Crippen LogP contribution in [0, 0.1) is 27.7 Å². The Hall–Kier alpha value is -3.16. The zero-order chi connectivity index (χ0) is 20.5. The maximum atomic E-state index is 12.7. The monoisotopic (exact) mass is 392 g/mol. The highest BCUT2D eigenvalue weighted by Gasteiger charge is 2.27. The molecular formula is C21H24N6O2. The van der Waals surface area contributed by atoms with Gasteiger partial charge >= 0.3 is 0 Å². The van der Waals surface area contributed by atoms with Crippen LogP contribution >= 0.6 is 0 Å². The Morgan fingerprint density at radius 1 is 1.07 bits per heavy atom. The molecule has 8 heteroatoms. The van der Waals surface area contributed by atoms with Crippen molar-refractivity contribution in [1.29, 1.82) is 0 Å². The molecule has 1 amide bonds. The van der Waals surface area contributed by atoms with Crippen LogP contribution in [0.3, 0.4) is 0 Å². The summed E-state index contributed by atoms with van der Waals surface area (Å²) in [7, 11) is 0. The van der Waals surface area contributed by atoms with Crippen LogP contribution in [0.2, 0.25) is 0 Å². The average Bonchev–Trinajstić information content (AvgIpc) is 3.06. The van der Waals surface area contributed by atoms with Gasteiger partial charge in [0.25, 0.3) is 5.91 Å². The molecule has 1 aliphatic rings. The first-order valence-electron chi connectivity index (χ1n) is 9.79. The Morgan fingerprint density at radius 3 is 2.45 bits per heavy atom. The summed E-state index contributed by atoms with van der Waals surface area (Å²) in [5.41, 5.74) is 4.81. The zero-order valence-corrected chi connectivity index (χ0v) is 17.1. The molecule has 0 aromatic carbocycles. The molecule has 3 aromatic heterocycles. The highest BCUT2D eigenvalue weighted by Crippen LogP contribution is 2.31. The van der Waals surface area contributed by atoms with Crippen molar-refractivity contribution in [3.8, 4) is 11.3 Å². The fraction of sp³-hybridized carbons (Fsp3) is 0.429. The molecule has 0 spiro atoms. The Balaban J connectivity index is 1.50. The second-order valence-electron chi connectivity index (χ2n) is 7.53. The van der Waals surface area contributed by atoms with E-state index >= 15 is 0 Å². The fourth-order valence-corrected chi connectivity index (χ4v) is 3.82. The van der Waals surface area contributed by atoms with Crippen molar-refractivity contribution in [3.05, 3.63) is 52.8 Å². The number of carbonyl (C=O) groups excluding carboxylic acids is 1. The first-order valence-corrected chi connectivity index (χ1v) is 9.79. The predicted molar refractivity (Wildman–Crippen MR) is 106 cm³/mol. The molecular weight excluding hydrogens is 368 g/mol. The summed E-state index contributed by atoms with van der Waals surface area (Å²) in [6, 6.07) is 2.03. The summed E-state index contributed by atoms with van der Waals surface area (Å²) >= 11 is 0. The van der Waals surface area contributed by atoms with Gasteiger partial charge in [0.05, 0.1) is 28.8 Å². The molecule has 3 aromatic rings. The van der Waals surface area contributed by atoms with E-state index in [0.29, 0.717) is 18.8 Å². The Bertz CT molecular complexity index is 1020. The van der Waals surface area contributed by atoms with Crippen molar-refractivity contribution in [3.63, 3.8) is 0 Å². The van der Waals surface area contributed by atoms with Crippen LogP contribution in [-0.4, -0.2) is 49.0 Å². The summed E-state index contributed by atoms with van der Waals surface area (Å²) in [4.78, 5) is 32.2. The van der Waals surface area contributed by atoms with Crippen LogP contribution in [0.5, 0.6) is 0 Å². The Labute approximate surface area is 169 Å². The molecule has 0 bridgehead atoms. The van der Waals surface area contributed by atoms with Crippen molar-refractivity contribution in [2.45, 2.75) is 46.5 Å². The van der Waals surface area contributed by atoms with Gasteiger partial charge in [-0.25, -0.2) is 15.0 Å². The van der Waals surface area contributed by atoms with Gasteiger partial charge in [0.1, 0.15) is 17.3 Å². The van der Waals surface area contributed by atoms with E-state index in [0.717, 1.165) is 52.8 Å². The van der Waals surface area contributed by atoms with E-state index in [-0.39, 0.29) is 11.8 Å². The van der Waals surface area contributed by atoms with Gasteiger partial charge in [0.2, 0.25) is 0 Å². The summed E-state index contributed by atoms with van der Waals surface area (Å²) in [5.74, 6) is 1.70. The maximum absolute atomic E-state index is 12.7. The van der Waals surface area contributed by atoms with E-state index in [9.17, 15) is 4.79 Å². The minimum Gasteiger partial charge on any atom is -0.361 e. The van der Waals surface area contributed by atoms with Crippen molar-refractivity contribution >= 4 is 5.91 Å². The van der Waals surface area contributed by atoms with E-state index in [2.05, 4.69) is 25.1 Å². The average molecular weight is 392 g/mol. The van der Waals surface area contributed by atoms with E-state index in [1.54, 1.807) is 12.4 Å². The molecule has 0 atom stereocenters. The van der Waals surface area contributed by atoms with E-state index in [1.165, 1.54) is 0 Å². The predicted octanol–water partition coefficient (Wildman–Crippen LogP) is 3.18. The number of carbonyl (C=O) groups is 1. The minimum atomic E-state index is -0.0637. The number of nitrogens with zero attached hydrogens (tertiary/aromatic N) is 6. The Morgan fingerprint density at radius 2 is 1.83 bits per heavy atom. The highest BCUT2D eigenvalue weighted by atomic mass is 16.5. The lowest BCUT2D eigenvalue weighted by molar-refractivity contribution is 0.0705. The third-order valence-electron chi connectivity index (χ3n) is 5.35. The molecule has 8 nitrogen and oxygen atoms in total. The molecule has 4 rings (SSSR count). The van der Waals surface area contributed by atoms with Crippen LogP contribution in [0.4, 0.5) is 0 Å². The summed E-state index contributed by atoms with van der Waals surface area (Å²) in [6.07, 6.45) is 4.87. The molecule has 0 saturated carbocycles. The van der Waals surface area contributed by atoms with Crippen LogP contribution in [-0.2, 0) is 0 Å². The number of amides is 1. The first-order chi connectivity index (χ1) is 13.9. The number of rotatable bonds is 3. The van der Waals surface area contributed by atoms with E-state index < -0.39 is 0 Å². The molecule has 29 heavy (non-hydrogen) atoms. The number of hydrogen-bond acceptors (Lipinski definition) is 7. The molecule has 0 N–H and O–H groups in total. The number of likely N-dealkylation sites (tertiary alicyclic amines) is 1. The Kier molecular flexibility index (Phi) is 5.08. The maximum Gasteiger partial charge on any atom is 0.274 e. The van der Waals surface area contributed by atoms with Gasteiger partial charge in [-0.15, -0.1) is 0 Å². The topological polar surface area (TPSA) is 97.9 Å². The SMILES string of the molecule is Cc1cnc(C(=O)N2CCC(c3cc(-c4c(C)noc4C)nc(C)n3)CC2)cn1. The molecule has 1 fully saturated rings. The lowest BCUT2D eigenvalue weighted by Crippen LogP contribution is -2.38. The molecule has 4 heterocycles. The van der Waals surface area contributed by atoms with Crippen LogP contribution < -0.4 is 0 Å². The minimum absolute atomic E-state index is 0.0637. The van der Waals surface area contributed by atoms with Crippen LogP contribution in [0.25, 0.3) is 11.3 Å². The van der Waals surface area contributed by atoms with Crippen molar-refractivity contribution < 1.29 is 9.32 Å². The lowest BCUT2D eigenvalue weighted by atomic mass is 9.92. The summed E-state index contributed by atoms with van der Waals surface area (Å²) in [5, 5.41) is 4.04. The van der Waals surface area contributed by atoms with Gasteiger partial charge in [-0.2, -0.15) is 0 Å². The molecule has 0 unspecified atom stereocenters. The number of aromatic nitrogens is 5. The summed E-state index contributed by atoms with van der Waals surface area (Å²) < 4.78 is 5.30. The normalized spacial score (nSPS) is 15.0. The molecule has 0 aliphatic carbocycles. The zero-order valence-electron chi connectivity index (χ0n) is 17.1. The second-order valence-corrected chi connectivity index (χ2v) is 7.53. The van der Waals surface area contributed by atoms with E-state index in [1.807, 2.05) is 38.7 Å². The largest absolute Gasteiger partial charge is 0.361 e. The third kappa shape index (κ3) is 3.87. The van der Waals surface area contributed by atoms with Gasteiger partial charge in [0, 0.05) is 30.9 Å². The van der Waals surface area contributed by atoms with Gasteiger partial charge in [-0.05, 0) is 46.6 Å². The van der Waals surface area contributed by atoms with Crippen LogP contribution in [0.1, 0.15) is 57.9 Å². The van der Waals surface area contributed by atoms with Gasteiger partial charge < -0.3 is 9.42 Å². The third-order valence-corrected chi connectivity index (χ3v) is 5.35. The lowest BCUT2D eigenvalue weighted by Gasteiger charge is -2.31. The van der Waals surface area contributed by atoms with E-state index in [4.69, 9.17) is 4.52 Å². The molecule has 150 valence electrons. The van der Waals surface area contributed by atoms with Crippen molar-refractivity contribution in [2.75, 3.05) is 13.1 Å². The first kappa shape index (κ1) is 19.2. The second kappa shape index (κ2) is 7.69. The van der Waals surface area contributed by atoms with Gasteiger partial charge in [-0.1, -0.05) is 5.16 Å². The van der Waals surface area contributed by atoms with Crippen molar-refractivity contribution in [1.82, 2.24) is 30.0 Å². The molecule has 1 aliphatic heterocycles. The molecule has 0 radical (unpaired) electrons. The quantitative estimate of drug-likeness (QED) is 0.675. The summed E-state index contributed by atoms with van der Waals surface area (Å²) in [6.45, 7) is 8.91. The highest BCUT2D eigenvalue weighted by molar-refractivity contribution is 5.92. The smallest absolute Gasteiger partial charge is 0.274 e. The molecule has 1 saturated heterocycles. The fourth-order valence-electron chi connectivity index (χ4n) is 3.82.